The molecular formula is C27H19N3O3S2. The molecule has 3 aromatic carbocycles. The Bertz CT molecular complexity index is 1570. The number of para-hydroxylation sites is 3. The fourth-order valence-corrected chi connectivity index (χ4v) is 5.24. The molecule has 35 heavy (non-hydrogen) atoms. The van der Waals surface area contributed by atoms with Crippen molar-refractivity contribution in [1.29, 1.82) is 0 Å². The number of benzene rings is 3. The van der Waals surface area contributed by atoms with Crippen LogP contribution in [0.4, 0.5) is 0 Å². The molecule has 6 nitrogen and oxygen atoms in total. The van der Waals surface area contributed by atoms with Crippen LogP contribution in [-0.4, -0.2) is 30.3 Å². The topological polar surface area (TPSA) is 99.4 Å². The highest BCUT2D eigenvalue weighted by molar-refractivity contribution is 8.76. The van der Waals surface area contributed by atoms with Gasteiger partial charge in [0.2, 0.25) is 0 Å². The predicted octanol–water partition coefficient (Wildman–Crippen LogP) is 6.93. The van der Waals surface area contributed by atoms with Gasteiger partial charge in [0.05, 0.1) is 0 Å². The van der Waals surface area contributed by atoms with E-state index in [1.165, 1.54) is 21.6 Å². The number of phenols is 3. The first-order chi connectivity index (χ1) is 17.1. The van der Waals surface area contributed by atoms with Gasteiger partial charge >= 0.3 is 0 Å². The van der Waals surface area contributed by atoms with Gasteiger partial charge in [-0.05, 0) is 70.1 Å². The zero-order valence-corrected chi connectivity index (χ0v) is 19.9. The molecule has 172 valence electrons. The summed E-state index contributed by atoms with van der Waals surface area (Å²) in [6.07, 6.45) is 1.67. The fourth-order valence-electron chi connectivity index (χ4n) is 3.49. The van der Waals surface area contributed by atoms with E-state index in [1.54, 1.807) is 42.6 Å². The van der Waals surface area contributed by atoms with Gasteiger partial charge in [-0.1, -0.05) is 42.5 Å². The minimum atomic E-state index is 0.175. The largest absolute Gasteiger partial charge is 0.506 e. The SMILES string of the molecule is Oc1cccc2ccc(SSc3ccc4cccc(O)c4n3)nc12.Oc1cccc2cccnc12. The third-order valence-electron chi connectivity index (χ3n) is 5.17. The van der Waals surface area contributed by atoms with Crippen LogP contribution in [0.25, 0.3) is 32.7 Å². The smallest absolute Gasteiger partial charge is 0.141 e. The Kier molecular flexibility index (Phi) is 6.56. The quantitative estimate of drug-likeness (QED) is 0.226. The average molecular weight is 498 g/mol. The Labute approximate surface area is 208 Å². The van der Waals surface area contributed by atoms with Gasteiger partial charge in [0.25, 0.3) is 0 Å². The van der Waals surface area contributed by atoms with Crippen molar-refractivity contribution in [2.45, 2.75) is 10.1 Å². The minimum Gasteiger partial charge on any atom is -0.506 e. The number of aromatic nitrogens is 3. The maximum Gasteiger partial charge on any atom is 0.141 e. The van der Waals surface area contributed by atoms with E-state index in [4.69, 9.17) is 0 Å². The van der Waals surface area contributed by atoms with Gasteiger partial charge < -0.3 is 15.3 Å². The summed E-state index contributed by atoms with van der Waals surface area (Å²) in [5.74, 6) is 0.588. The molecule has 3 aromatic heterocycles. The van der Waals surface area contributed by atoms with Crippen molar-refractivity contribution < 1.29 is 15.3 Å². The van der Waals surface area contributed by atoms with Crippen molar-refractivity contribution in [3.05, 3.63) is 97.2 Å². The molecular weight excluding hydrogens is 478 g/mol. The van der Waals surface area contributed by atoms with Crippen LogP contribution < -0.4 is 0 Å². The lowest BCUT2D eigenvalue weighted by atomic mass is 10.2. The lowest BCUT2D eigenvalue weighted by Crippen LogP contribution is -1.84. The molecule has 0 radical (unpaired) electrons. The molecule has 0 unspecified atom stereocenters. The second-order valence-corrected chi connectivity index (χ2v) is 9.69. The van der Waals surface area contributed by atoms with Gasteiger partial charge in [0.1, 0.15) is 43.9 Å². The van der Waals surface area contributed by atoms with E-state index < -0.39 is 0 Å². The van der Waals surface area contributed by atoms with E-state index in [0.29, 0.717) is 16.6 Å². The lowest BCUT2D eigenvalue weighted by Gasteiger charge is -2.05. The molecule has 0 atom stereocenters. The summed E-state index contributed by atoms with van der Waals surface area (Å²) in [5, 5.41) is 33.5. The second kappa shape index (κ2) is 10.1. The molecule has 0 aliphatic rings. The average Bonchev–Trinajstić information content (AvgIpc) is 2.89. The molecule has 0 bridgehead atoms. The molecule has 0 aliphatic carbocycles. The monoisotopic (exact) mass is 497 g/mol. The van der Waals surface area contributed by atoms with Crippen LogP contribution in [0.15, 0.2) is 107 Å². The zero-order valence-electron chi connectivity index (χ0n) is 18.2. The molecule has 0 aliphatic heterocycles. The van der Waals surface area contributed by atoms with Crippen LogP contribution in [0.1, 0.15) is 0 Å². The Morgan fingerprint density at radius 1 is 0.457 bits per heavy atom. The third-order valence-corrected chi connectivity index (χ3v) is 7.32. The standard InChI is InChI=1S/C18H12N2O2S2.C9H7NO/c21-13-5-1-3-11-7-9-15(19-17(11)13)23-24-16-10-8-12-4-2-6-14(22)18(12)20-16;11-8-5-1-3-7-4-2-6-10-9(7)8/h1-10,21-22H;1-6,11H. The first-order valence-corrected chi connectivity index (χ1v) is 12.8. The zero-order chi connectivity index (χ0) is 24.2. The van der Waals surface area contributed by atoms with Gasteiger partial charge in [-0.3, -0.25) is 4.98 Å². The molecule has 6 rings (SSSR count). The normalized spacial score (nSPS) is 10.9. The molecule has 0 spiro atoms. The van der Waals surface area contributed by atoms with Crippen LogP contribution in [0.2, 0.25) is 0 Å². The number of rotatable bonds is 3. The third kappa shape index (κ3) is 5.08. The highest BCUT2D eigenvalue weighted by atomic mass is 33.1. The van der Waals surface area contributed by atoms with Crippen molar-refractivity contribution in [2.75, 3.05) is 0 Å². The Balaban J connectivity index is 0.000000192. The van der Waals surface area contributed by atoms with Crippen molar-refractivity contribution in [3.8, 4) is 17.2 Å². The molecule has 0 saturated heterocycles. The highest BCUT2D eigenvalue weighted by Gasteiger charge is 2.07. The molecule has 3 N–H and O–H groups in total. The number of nitrogens with zero attached hydrogens (tertiary/aromatic N) is 3. The van der Waals surface area contributed by atoms with E-state index in [1.807, 2.05) is 54.6 Å². The molecule has 0 fully saturated rings. The van der Waals surface area contributed by atoms with E-state index in [2.05, 4.69) is 15.0 Å². The van der Waals surface area contributed by atoms with E-state index >= 15 is 0 Å². The number of pyridine rings is 3. The van der Waals surface area contributed by atoms with Crippen LogP contribution in [0.3, 0.4) is 0 Å². The van der Waals surface area contributed by atoms with E-state index in [0.717, 1.165) is 26.2 Å². The summed E-state index contributed by atoms with van der Waals surface area (Å²) in [6, 6.07) is 27.5. The van der Waals surface area contributed by atoms with E-state index in [-0.39, 0.29) is 17.2 Å². The van der Waals surface area contributed by atoms with Crippen molar-refractivity contribution in [2.24, 2.45) is 0 Å². The molecule has 0 saturated carbocycles. The summed E-state index contributed by atoms with van der Waals surface area (Å²) in [4.78, 5) is 13.0. The first kappa shape index (κ1) is 22.8. The Morgan fingerprint density at radius 3 is 1.37 bits per heavy atom. The maximum absolute atomic E-state index is 9.91. The van der Waals surface area contributed by atoms with Gasteiger partial charge in [-0.2, -0.15) is 0 Å². The second-order valence-electron chi connectivity index (χ2n) is 7.52. The minimum absolute atomic E-state index is 0.175. The van der Waals surface area contributed by atoms with Gasteiger partial charge in [-0.15, -0.1) is 0 Å². The summed E-state index contributed by atoms with van der Waals surface area (Å²) < 4.78 is 0. The number of aromatic hydroxyl groups is 3. The van der Waals surface area contributed by atoms with Crippen LogP contribution in [0, 0.1) is 0 Å². The van der Waals surface area contributed by atoms with Gasteiger partial charge in [0, 0.05) is 22.4 Å². The van der Waals surface area contributed by atoms with Crippen LogP contribution >= 0.6 is 21.6 Å². The predicted molar refractivity (Wildman–Crippen MR) is 142 cm³/mol. The summed E-state index contributed by atoms with van der Waals surface area (Å²) in [7, 11) is 2.92. The van der Waals surface area contributed by atoms with Crippen LogP contribution in [-0.2, 0) is 0 Å². The molecule has 6 aromatic rings. The van der Waals surface area contributed by atoms with Crippen LogP contribution in [0.5, 0.6) is 17.2 Å². The van der Waals surface area contributed by atoms with Gasteiger partial charge in [-0.25, -0.2) is 9.97 Å². The van der Waals surface area contributed by atoms with Crippen molar-refractivity contribution in [3.63, 3.8) is 0 Å². The first-order valence-electron chi connectivity index (χ1n) is 10.6. The summed E-state index contributed by atoms with van der Waals surface area (Å²) >= 11 is 0. The molecule has 3 heterocycles. The highest BCUT2D eigenvalue weighted by Crippen LogP contribution is 2.38. The van der Waals surface area contributed by atoms with Crippen molar-refractivity contribution >= 4 is 54.3 Å². The number of hydrogen-bond acceptors (Lipinski definition) is 8. The number of fused-ring (bicyclic) bond motifs is 3. The van der Waals surface area contributed by atoms with Gasteiger partial charge in [0.15, 0.2) is 0 Å². The summed E-state index contributed by atoms with van der Waals surface area (Å²) in [6.45, 7) is 0. The van der Waals surface area contributed by atoms with Crippen molar-refractivity contribution in [1.82, 2.24) is 15.0 Å². The molecule has 0 amide bonds. The maximum atomic E-state index is 9.91. The van der Waals surface area contributed by atoms with E-state index in [9.17, 15) is 15.3 Å². The summed E-state index contributed by atoms with van der Waals surface area (Å²) in [5.41, 5.74) is 1.84. The Morgan fingerprint density at radius 2 is 0.886 bits per heavy atom. The lowest BCUT2D eigenvalue weighted by molar-refractivity contribution is 0.479. The Hall–Kier alpha value is -4.01. The number of hydrogen-bond donors (Lipinski definition) is 3. The molecule has 8 heteroatoms. The fraction of sp³-hybridized carbons (Fsp3) is 0. The number of phenolic OH excluding ortho intramolecular Hbond substituents is 3.